The molecule has 0 amide bonds. The van der Waals surface area contributed by atoms with E-state index in [-0.39, 0.29) is 11.4 Å². The molecule has 6 heteroatoms. The van der Waals surface area contributed by atoms with Crippen LogP contribution in [0.3, 0.4) is 0 Å². The highest BCUT2D eigenvalue weighted by atomic mass is 79.9. The van der Waals surface area contributed by atoms with Crippen LogP contribution < -0.4 is 9.47 Å². The van der Waals surface area contributed by atoms with Crippen molar-refractivity contribution >= 4 is 25.8 Å². The Balaban J connectivity index is 2.11. The molecular weight excluding hydrogens is 356 g/mol. The Morgan fingerprint density at radius 2 is 2.05 bits per heavy atom. The maximum atomic E-state index is 11.7. The van der Waals surface area contributed by atoms with Gasteiger partial charge in [0.15, 0.2) is 11.5 Å². The smallest absolute Gasteiger partial charge is 0.161 e. The van der Waals surface area contributed by atoms with E-state index in [2.05, 4.69) is 15.9 Å². The summed E-state index contributed by atoms with van der Waals surface area (Å²) in [5.74, 6) is 1.37. The Bertz CT molecular complexity index is 585. The van der Waals surface area contributed by atoms with Crippen LogP contribution in [0.15, 0.2) is 18.2 Å². The molecular formula is C15H21BrO4S. The van der Waals surface area contributed by atoms with Crippen LogP contribution in [0.4, 0.5) is 0 Å². The molecule has 0 bridgehead atoms. The minimum Gasteiger partial charge on any atom is -0.493 e. The van der Waals surface area contributed by atoms with Crippen molar-refractivity contribution in [1.29, 1.82) is 0 Å². The summed E-state index contributed by atoms with van der Waals surface area (Å²) in [7, 11) is -1.38. The largest absolute Gasteiger partial charge is 0.493 e. The molecule has 2 atom stereocenters. The molecule has 0 aromatic heterocycles. The van der Waals surface area contributed by atoms with Crippen molar-refractivity contribution in [3.8, 4) is 11.5 Å². The molecule has 1 aromatic rings. The van der Waals surface area contributed by atoms with E-state index in [0.29, 0.717) is 17.9 Å². The van der Waals surface area contributed by atoms with Gasteiger partial charge in [0.05, 0.1) is 12.4 Å². The highest BCUT2D eigenvalue weighted by Crippen LogP contribution is 2.33. The van der Waals surface area contributed by atoms with E-state index in [1.807, 2.05) is 18.2 Å². The van der Waals surface area contributed by atoms with E-state index in [4.69, 9.17) is 9.47 Å². The summed E-state index contributed by atoms with van der Waals surface area (Å²) in [6, 6.07) is 5.80. The lowest BCUT2D eigenvalue weighted by Gasteiger charge is -2.29. The molecule has 0 aliphatic heterocycles. The van der Waals surface area contributed by atoms with E-state index in [0.717, 1.165) is 30.2 Å². The zero-order valence-corrected chi connectivity index (χ0v) is 14.7. The van der Waals surface area contributed by atoms with E-state index in [1.165, 1.54) is 6.26 Å². The lowest BCUT2D eigenvalue weighted by Crippen LogP contribution is -2.33. The fraction of sp³-hybridized carbons (Fsp3) is 0.600. The van der Waals surface area contributed by atoms with Crippen molar-refractivity contribution in [2.45, 2.75) is 42.4 Å². The molecule has 0 heterocycles. The van der Waals surface area contributed by atoms with Crippen LogP contribution in [0, 0.1) is 0 Å². The van der Waals surface area contributed by atoms with Crippen molar-refractivity contribution in [2.24, 2.45) is 0 Å². The Morgan fingerprint density at radius 1 is 1.29 bits per heavy atom. The minimum absolute atomic E-state index is 0.0674. The third kappa shape index (κ3) is 4.36. The summed E-state index contributed by atoms with van der Waals surface area (Å²) in [6.07, 6.45) is 4.30. The van der Waals surface area contributed by atoms with Gasteiger partial charge in [0.2, 0.25) is 0 Å². The van der Waals surface area contributed by atoms with Crippen LogP contribution >= 0.6 is 15.9 Å². The maximum Gasteiger partial charge on any atom is 0.161 e. The van der Waals surface area contributed by atoms with Gasteiger partial charge in [-0.05, 0) is 37.0 Å². The Kier molecular flexibility index (Phi) is 5.54. The number of sulfone groups is 1. The van der Waals surface area contributed by atoms with Crippen LogP contribution in [0.2, 0.25) is 0 Å². The Morgan fingerprint density at radius 3 is 2.67 bits per heavy atom. The van der Waals surface area contributed by atoms with Gasteiger partial charge in [-0.2, -0.15) is 0 Å². The van der Waals surface area contributed by atoms with Crippen molar-refractivity contribution in [3.05, 3.63) is 23.8 Å². The van der Waals surface area contributed by atoms with Gasteiger partial charge in [0, 0.05) is 18.0 Å². The molecule has 21 heavy (non-hydrogen) atoms. The zero-order chi connectivity index (χ0) is 15.5. The van der Waals surface area contributed by atoms with Gasteiger partial charge in [-0.3, -0.25) is 0 Å². The first-order valence-electron chi connectivity index (χ1n) is 7.02. The molecule has 1 saturated carbocycles. The summed E-state index contributed by atoms with van der Waals surface area (Å²) in [5.41, 5.74) is 1.11. The molecule has 0 radical (unpaired) electrons. The summed E-state index contributed by atoms with van der Waals surface area (Å²) < 4.78 is 34.8. The second kappa shape index (κ2) is 7.01. The van der Waals surface area contributed by atoms with Crippen molar-refractivity contribution in [2.75, 3.05) is 13.4 Å². The minimum atomic E-state index is -2.99. The second-order valence-corrected chi connectivity index (χ2v) is 8.36. The third-order valence-electron chi connectivity index (χ3n) is 3.86. The van der Waals surface area contributed by atoms with Gasteiger partial charge in [0.1, 0.15) is 15.9 Å². The number of hydrogen-bond acceptors (Lipinski definition) is 4. The van der Waals surface area contributed by atoms with E-state index in [9.17, 15) is 8.42 Å². The first-order valence-corrected chi connectivity index (χ1v) is 10.1. The van der Waals surface area contributed by atoms with Crippen molar-refractivity contribution in [1.82, 2.24) is 0 Å². The predicted octanol–water partition coefficient (Wildman–Crippen LogP) is 3.32. The Labute approximate surface area is 134 Å². The van der Waals surface area contributed by atoms with Crippen molar-refractivity contribution in [3.63, 3.8) is 0 Å². The lowest BCUT2D eigenvalue weighted by molar-refractivity contribution is 0.151. The molecule has 0 spiro atoms. The number of methoxy groups -OCH3 is 1. The van der Waals surface area contributed by atoms with Crippen LogP contribution in [-0.4, -0.2) is 33.1 Å². The molecule has 1 aromatic carbocycles. The molecule has 0 N–H and O–H groups in total. The van der Waals surface area contributed by atoms with Crippen LogP contribution in [0.1, 0.15) is 31.2 Å². The summed E-state index contributed by atoms with van der Waals surface area (Å²) in [6.45, 7) is 0. The monoisotopic (exact) mass is 376 g/mol. The highest BCUT2D eigenvalue weighted by molar-refractivity contribution is 9.08. The van der Waals surface area contributed by atoms with Gasteiger partial charge < -0.3 is 9.47 Å². The van der Waals surface area contributed by atoms with Crippen LogP contribution in [0.25, 0.3) is 0 Å². The van der Waals surface area contributed by atoms with Gasteiger partial charge in [0.25, 0.3) is 0 Å². The number of halogens is 1. The normalized spacial score (nSPS) is 22.8. The summed E-state index contributed by atoms with van der Waals surface area (Å²) in [5, 5.41) is 0.465. The molecule has 2 unspecified atom stereocenters. The number of alkyl halides is 1. The average Bonchev–Trinajstić information content (AvgIpc) is 2.47. The first kappa shape index (κ1) is 16.6. The summed E-state index contributed by atoms with van der Waals surface area (Å²) in [4.78, 5) is 0. The molecule has 1 aliphatic carbocycles. The molecule has 118 valence electrons. The average molecular weight is 377 g/mol. The number of benzene rings is 1. The third-order valence-corrected chi connectivity index (χ3v) is 6.15. The fourth-order valence-electron chi connectivity index (χ4n) is 2.67. The van der Waals surface area contributed by atoms with Crippen LogP contribution in [-0.2, 0) is 15.2 Å². The van der Waals surface area contributed by atoms with Gasteiger partial charge in [-0.1, -0.05) is 22.0 Å². The fourth-order valence-corrected chi connectivity index (χ4v) is 4.18. The standard InChI is InChI=1S/C15H21BrO4S/c1-19-15-8-11(10-16)6-7-14(15)20-12-4-3-5-13(9-12)21(2,17)18/h6-8,12-13H,3-5,9-10H2,1-2H3. The summed E-state index contributed by atoms with van der Waals surface area (Å²) >= 11 is 3.41. The molecule has 0 saturated heterocycles. The van der Waals surface area contributed by atoms with Crippen molar-refractivity contribution < 1.29 is 17.9 Å². The number of rotatable bonds is 5. The lowest BCUT2D eigenvalue weighted by atomic mass is 9.97. The van der Waals surface area contributed by atoms with E-state index < -0.39 is 9.84 Å². The van der Waals surface area contributed by atoms with E-state index in [1.54, 1.807) is 7.11 Å². The number of ether oxygens (including phenoxy) is 2. The topological polar surface area (TPSA) is 52.6 Å². The molecule has 1 aliphatic rings. The van der Waals surface area contributed by atoms with Crippen LogP contribution in [0.5, 0.6) is 11.5 Å². The molecule has 4 nitrogen and oxygen atoms in total. The Hall–Kier alpha value is -0.750. The highest BCUT2D eigenvalue weighted by Gasteiger charge is 2.30. The maximum absolute atomic E-state index is 11.7. The second-order valence-electron chi connectivity index (χ2n) is 5.48. The van der Waals surface area contributed by atoms with Gasteiger partial charge in [-0.25, -0.2) is 8.42 Å². The molecule has 2 rings (SSSR count). The SMILES string of the molecule is COc1cc(CBr)ccc1OC1CCCC(S(C)(=O)=O)C1. The quantitative estimate of drug-likeness (QED) is 0.739. The predicted molar refractivity (Wildman–Crippen MR) is 87.1 cm³/mol. The van der Waals surface area contributed by atoms with Gasteiger partial charge in [-0.15, -0.1) is 0 Å². The molecule has 1 fully saturated rings. The first-order chi connectivity index (χ1) is 9.94. The van der Waals surface area contributed by atoms with E-state index >= 15 is 0 Å². The van der Waals surface area contributed by atoms with Gasteiger partial charge >= 0.3 is 0 Å². The zero-order valence-electron chi connectivity index (χ0n) is 12.3. The number of hydrogen-bond donors (Lipinski definition) is 0.